The second-order valence-electron chi connectivity index (χ2n) is 20.7. The smallest absolute Gasteiger partial charge is 0.136 e. The minimum Gasteiger partial charge on any atom is -0.456 e. The lowest BCUT2D eigenvalue weighted by Gasteiger charge is -2.30. The zero-order chi connectivity index (χ0) is 50.5. The molecule has 11 aromatic carbocycles. The van der Waals surface area contributed by atoms with Crippen molar-refractivity contribution in [1.82, 2.24) is 0 Å². The van der Waals surface area contributed by atoms with E-state index in [0.29, 0.717) is 17.8 Å². The second kappa shape index (κ2) is 19.4. The van der Waals surface area contributed by atoms with E-state index in [1.807, 2.05) is 0 Å². The van der Waals surface area contributed by atoms with Crippen LogP contribution >= 0.6 is 0 Å². The lowest BCUT2D eigenvalue weighted by molar-refractivity contribution is 0.670. The van der Waals surface area contributed by atoms with Gasteiger partial charge in [-0.1, -0.05) is 199 Å². The molecule has 0 amide bonds. The van der Waals surface area contributed by atoms with Gasteiger partial charge in [-0.15, -0.1) is 0 Å². The van der Waals surface area contributed by atoms with Gasteiger partial charge in [-0.3, -0.25) is 0 Å². The third-order valence-corrected chi connectivity index (χ3v) is 15.0. The Morgan fingerprint density at radius 3 is 1.07 bits per heavy atom. The summed E-state index contributed by atoms with van der Waals surface area (Å²) in [5, 5.41) is 6.77. The van der Waals surface area contributed by atoms with E-state index < -0.39 is 0 Å². The maximum atomic E-state index is 6.90. The predicted octanol–water partition coefficient (Wildman–Crippen LogP) is 21.2. The van der Waals surface area contributed by atoms with Crippen molar-refractivity contribution in [3.8, 4) is 33.4 Å². The topological polar surface area (TPSA) is 19.6 Å². The van der Waals surface area contributed by atoms with Crippen molar-refractivity contribution in [2.75, 3.05) is 9.80 Å². The minimum atomic E-state index is 0.439. The third kappa shape index (κ3) is 8.69. The number of furan rings is 1. The summed E-state index contributed by atoms with van der Waals surface area (Å²) in [6.07, 6.45) is 0. The molecule has 0 saturated heterocycles. The fourth-order valence-electron chi connectivity index (χ4n) is 10.8. The Morgan fingerprint density at radius 1 is 0.284 bits per heavy atom. The molecule has 0 saturated carbocycles. The highest BCUT2D eigenvalue weighted by Crippen LogP contribution is 2.47. The third-order valence-electron chi connectivity index (χ3n) is 15.0. The van der Waals surface area contributed by atoms with Crippen LogP contribution < -0.4 is 9.80 Å². The quantitative estimate of drug-likeness (QED) is 0.122. The van der Waals surface area contributed by atoms with Crippen LogP contribution in [-0.4, -0.2) is 0 Å². The highest BCUT2D eigenvalue weighted by molar-refractivity contribution is 6.14. The summed E-state index contributed by atoms with van der Waals surface area (Å²) in [6.45, 7) is 13.5. The average molecular weight is 957 g/mol. The molecule has 0 N–H and O–H groups in total. The predicted molar refractivity (Wildman–Crippen MR) is 317 cm³/mol. The van der Waals surface area contributed by atoms with Crippen molar-refractivity contribution in [1.29, 1.82) is 0 Å². The molecular formula is C71H60N2O. The van der Waals surface area contributed by atoms with Gasteiger partial charge in [-0.25, -0.2) is 0 Å². The van der Waals surface area contributed by atoms with Crippen molar-refractivity contribution < 1.29 is 4.42 Å². The summed E-state index contributed by atoms with van der Waals surface area (Å²) >= 11 is 0. The van der Waals surface area contributed by atoms with Crippen molar-refractivity contribution in [3.63, 3.8) is 0 Å². The Hall–Kier alpha value is -8.66. The molecule has 0 atom stereocenters. The largest absolute Gasteiger partial charge is 0.456 e. The molecule has 74 heavy (non-hydrogen) atoms. The Labute approximate surface area is 435 Å². The van der Waals surface area contributed by atoms with E-state index in [-0.39, 0.29) is 0 Å². The summed E-state index contributed by atoms with van der Waals surface area (Å²) in [5.41, 5.74) is 19.4. The van der Waals surface area contributed by atoms with Gasteiger partial charge >= 0.3 is 0 Å². The Morgan fingerprint density at radius 2 is 0.635 bits per heavy atom. The monoisotopic (exact) mass is 956 g/mol. The standard InChI is InChI=1S/C71H60N2O/c1-46(2)49-24-28-53(29-25-49)63-19-10-13-21-67(63)72(59-36-32-51(33-37-59)48(5)6)60-38-34-55-42-65-66-43-56-35-39-61(41-58(56)45-71(66)74-70(65)44-57(55)40-60)73(68-22-14-11-18-62(68)52-16-8-7-9-17-52)69-23-15-12-20-64(69)54-30-26-50(27-31-54)47(3)4/h7-48H,1-6H3. The Bertz CT molecular complexity index is 3980. The van der Waals surface area contributed by atoms with Gasteiger partial charge in [0.15, 0.2) is 0 Å². The van der Waals surface area contributed by atoms with Crippen LogP contribution in [0.2, 0.25) is 0 Å². The number of anilines is 6. The zero-order valence-electron chi connectivity index (χ0n) is 43.1. The molecule has 0 fully saturated rings. The van der Waals surface area contributed by atoms with Crippen LogP contribution in [0.1, 0.15) is 76.0 Å². The van der Waals surface area contributed by atoms with Crippen LogP contribution in [0.3, 0.4) is 0 Å². The first kappa shape index (κ1) is 46.4. The van der Waals surface area contributed by atoms with Gasteiger partial charge in [0.1, 0.15) is 11.2 Å². The first-order valence-corrected chi connectivity index (χ1v) is 26.2. The summed E-state index contributed by atoms with van der Waals surface area (Å²) in [6, 6.07) is 87.1. The van der Waals surface area contributed by atoms with E-state index in [2.05, 4.69) is 288 Å². The first-order chi connectivity index (χ1) is 36.1. The van der Waals surface area contributed by atoms with Crippen LogP contribution in [0.15, 0.2) is 241 Å². The molecule has 1 aromatic heterocycles. The van der Waals surface area contributed by atoms with Gasteiger partial charge in [0.25, 0.3) is 0 Å². The van der Waals surface area contributed by atoms with Gasteiger partial charge in [0.2, 0.25) is 0 Å². The van der Waals surface area contributed by atoms with E-state index in [4.69, 9.17) is 4.42 Å². The molecule has 0 bridgehead atoms. The van der Waals surface area contributed by atoms with E-state index in [0.717, 1.165) is 83.2 Å². The first-order valence-electron chi connectivity index (χ1n) is 26.2. The van der Waals surface area contributed by atoms with Crippen LogP contribution in [0.4, 0.5) is 34.1 Å². The molecule has 0 aliphatic heterocycles. The maximum absolute atomic E-state index is 6.90. The van der Waals surface area contributed by atoms with Gasteiger partial charge < -0.3 is 14.2 Å². The molecule has 12 aromatic rings. The van der Waals surface area contributed by atoms with Crippen LogP contribution in [0, 0.1) is 0 Å². The number of fused-ring (bicyclic) bond motifs is 5. The van der Waals surface area contributed by atoms with Crippen LogP contribution in [0.25, 0.3) is 76.9 Å². The molecule has 0 aliphatic carbocycles. The summed E-state index contributed by atoms with van der Waals surface area (Å²) in [4.78, 5) is 4.84. The number of para-hydroxylation sites is 3. The SMILES string of the molecule is CC(C)c1ccc(-c2ccccc2N(c2ccc(C(C)C)cc2)c2ccc3cc4c(cc3c2)oc2cc3cc(N(c5ccccc5-c5ccccc5)c5ccccc5-c5ccc(C(C)C)cc5)ccc3cc24)cc1. The fraction of sp³-hybridized carbons (Fsp3) is 0.127. The molecule has 0 radical (unpaired) electrons. The molecule has 360 valence electrons. The molecule has 1 heterocycles. The number of hydrogen-bond acceptors (Lipinski definition) is 3. The lowest BCUT2D eigenvalue weighted by atomic mass is 9.96. The van der Waals surface area contributed by atoms with E-state index in [1.165, 1.54) is 44.5 Å². The lowest BCUT2D eigenvalue weighted by Crippen LogP contribution is -2.12. The highest BCUT2D eigenvalue weighted by Gasteiger charge is 2.23. The number of benzene rings is 11. The van der Waals surface area contributed by atoms with Crippen molar-refractivity contribution in [2.45, 2.75) is 59.3 Å². The average Bonchev–Trinajstić information content (AvgIpc) is 3.79. The van der Waals surface area contributed by atoms with Gasteiger partial charge in [0.05, 0.1) is 17.1 Å². The number of hydrogen-bond donors (Lipinski definition) is 0. The molecule has 0 aliphatic rings. The van der Waals surface area contributed by atoms with Crippen molar-refractivity contribution >= 4 is 77.6 Å². The van der Waals surface area contributed by atoms with E-state index in [1.54, 1.807) is 0 Å². The molecule has 3 nitrogen and oxygen atoms in total. The molecule has 0 unspecified atom stereocenters. The van der Waals surface area contributed by atoms with Gasteiger partial charge in [0, 0.05) is 44.5 Å². The van der Waals surface area contributed by atoms with Crippen LogP contribution in [-0.2, 0) is 0 Å². The normalized spacial score (nSPS) is 11.7. The summed E-state index contributed by atoms with van der Waals surface area (Å²) < 4.78 is 6.90. The van der Waals surface area contributed by atoms with E-state index in [9.17, 15) is 0 Å². The van der Waals surface area contributed by atoms with Crippen molar-refractivity contribution in [2.24, 2.45) is 0 Å². The van der Waals surface area contributed by atoms with Gasteiger partial charge in [-0.05, 0) is 152 Å². The summed E-state index contributed by atoms with van der Waals surface area (Å²) in [7, 11) is 0. The van der Waals surface area contributed by atoms with Gasteiger partial charge in [-0.2, -0.15) is 0 Å². The second-order valence-corrected chi connectivity index (χ2v) is 20.7. The fourth-order valence-corrected chi connectivity index (χ4v) is 10.8. The molecule has 3 heteroatoms. The van der Waals surface area contributed by atoms with Crippen molar-refractivity contribution in [3.05, 3.63) is 253 Å². The van der Waals surface area contributed by atoms with E-state index >= 15 is 0 Å². The maximum Gasteiger partial charge on any atom is 0.136 e. The molecule has 0 spiro atoms. The molecular weight excluding hydrogens is 897 g/mol. The van der Waals surface area contributed by atoms with Crippen LogP contribution in [0.5, 0.6) is 0 Å². The Kier molecular flexibility index (Phi) is 12.2. The number of nitrogens with zero attached hydrogens (tertiary/aromatic N) is 2. The highest BCUT2D eigenvalue weighted by atomic mass is 16.3. The minimum absolute atomic E-state index is 0.439. The zero-order valence-corrected chi connectivity index (χ0v) is 43.1. The Balaban J connectivity index is 0.976. The summed E-state index contributed by atoms with van der Waals surface area (Å²) in [5.74, 6) is 1.36. The number of rotatable bonds is 12. The molecule has 12 rings (SSSR count).